The summed E-state index contributed by atoms with van der Waals surface area (Å²) in [5, 5.41) is 3.16. The Balaban J connectivity index is 1.72. The van der Waals surface area contributed by atoms with E-state index in [1.54, 1.807) is 0 Å². The highest BCUT2D eigenvalue weighted by atomic mass is 32.2. The fourth-order valence-corrected chi connectivity index (χ4v) is 3.64. The zero-order valence-corrected chi connectivity index (χ0v) is 9.85. The molecular formula is C10H20N2O2S. The molecule has 0 aromatic carbocycles. The Kier molecular flexibility index (Phi) is 3.64. The fourth-order valence-electron chi connectivity index (χ4n) is 2.17. The van der Waals surface area contributed by atoms with Crippen molar-refractivity contribution in [1.82, 2.24) is 10.0 Å². The molecule has 0 radical (unpaired) electrons. The lowest BCUT2D eigenvalue weighted by Gasteiger charge is -2.25. The van der Waals surface area contributed by atoms with Crippen LogP contribution in [0.5, 0.6) is 0 Å². The third-order valence-corrected chi connectivity index (χ3v) is 4.89. The summed E-state index contributed by atoms with van der Waals surface area (Å²) in [6, 6.07) is 0.122. The fraction of sp³-hybridized carbons (Fsp3) is 1.00. The number of hydrogen-bond donors (Lipinski definition) is 2. The van der Waals surface area contributed by atoms with Gasteiger partial charge in [0.15, 0.2) is 0 Å². The predicted molar refractivity (Wildman–Crippen MR) is 60.2 cm³/mol. The minimum atomic E-state index is -3.03. The molecule has 1 unspecified atom stereocenters. The normalized spacial score (nSPS) is 27.9. The highest BCUT2D eigenvalue weighted by molar-refractivity contribution is 7.89. The maximum Gasteiger partial charge on any atom is 0.211 e. The first-order chi connectivity index (χ1) is 7.16. The summed E-state index contributed by atoms with van der Waals surface area (Å²) >= 11 is 0. The van der Waals surface area contributed by atoms with Crippen LogP contribution in [0.2, 0.25) is 0 Å². The second-order valence-electron chi connectivity index (χ2n) is 4.71. The lowest BCUT2D eigenvalue weighted by molar-refractivity contribution is 0.307. The van der Waals surface area contributed by atoms with Gasteiger partial charge in [0.2, 0.25) is 10.0 Å². The minimum absolute atomic E-state index is 0.122. The molecule has 5 heteroatoms. The first-order valence-electron chi connectivity index (χ1n) is 5.86. The molecule has 2 fully saturated rings. The quantitative estimate of drug-likeness (QED) is 0.724. The molecule has 0 aromatic heterocycles. The van der Waals surface area contributed by atoms with E-state index in [0.717, 1.165) is 25.9 Å². The van der Waals surface area contributed by atoms with Gasteiger partial charge in [0, 0.05) is 12.6 Å². The predicted octanol–water partition coefficient (Wildman–Crippen LogP) is 0.458. The molecule has 1 saturated heterocycles. The third kappa shape index (κ3) is 3.43. The van der Waals surface area contributed by atoms with Gasteiger partial charge in [0.05, 0.1) is 5.75 Å². The van der Waals surface area contributed by atoms with E-state index < -0.39 is 10.0 Å². The highest BCUT2D eigenvalue weighted by Crippen LogP contribution is 2.29. The molecule has 1 saturated carbocycles. The zero-order chi connectivity index (χ0) is 10.7. The monoisotopic (exact) mass is 232 g/mol. The second kappa shape index (κ2) is 4.80. The summed E-state index contributed by atoms with van der Waals surface area (Å²) in [7, 11) is -3.03. The number of hydrogen-bond acceptors (Lipinski definition) is 3. The van der Waals surface area contributed by atoms with Crippen LogP contribution in [0.4, 0.5) is 0 Å². The molecule has 0 amide bonds. The van der Waals surface area contributed by atoms with E-state index in [1.165, 1.54) is 19.3 Å². The highest BCUT2D eigenvalue weighted by Gasteiger charge is 2.24. The summed E-state index contributed by atoms with van der Waals surface area (Å²) in [6.07, 6.45) is 5.49. The molecule has 1 atom stereocenters. The van der Waals surface area contributed by atoms with Crippen LogP contribution < -0.4 is 10.0 Å². The van der Waals surface area contributed by atoms with Gasteiger partial charge in [0.1, 0.15) is 0 Å². The Morgan fingerprint density at radius 3 is 2.60 bits per heavy atom. The van der Waals surface area contributed by atoms with Crippen LogP contribution in [0.3, 0.4) is 0 Å². The Hall–Kier alpha value is -0.130. The van der Waals surface area contributed by atoms with Crippen molar-refractivity contribution in [3.8, 4) is 0 Å². The molecule has 1 aliphatic heterocycles. The summed E-state index contributed by atoms with van der Waals surface area (Å²) in [5.74, 6) is 0.983. The van der Waals surface area contributed by atoms with E-state index in [4.69, 9.17) is 0 Å². The van der Waals surface area contributed by atoms with Gasteiger partial charge >= 0.3 is 0 Å². The van der Waals surface area contributed by atoms with E-state index >= 15 is 0 Å². The molecule has 88 valence electrons. The van der Waals surface area contributed by atoms with Gasteiger partial charge in [-0.1, -0.05) is 19.3 Å². The van der Waals surface area contributed by atoms with Crippen molar-refractivity contribution in [3.05, 3.63) is 0 Å². The van der Waals surface area contributed by atoms with Crippen LogP contribution in [0, 0.1) is 5.92 Å². The Morgan fingerprint density at radius 2 is 2.07 bits per heavy atom. The van der Waals surface area contributed by atoms with Crippen molar-refractivity contribution in [2.75, 3.05) is 18.8 Å². The van der Waals surface area contributed by atoms with E-state index in [-0.39, 0.29) is 6.04 Å². The molecule has 0 aromatic rings. The van der Waals surface area contributed by atoms with Crippen molar-refractivity contribution < 1.29 is 8.42 Å². The lowest BCUT2D eigenvalue weighted by atomic mass is 9.84. The van der Waals surface area contributed by atoms with Gasteiger partial charge in [-0.2, -0.15) is 0 Å². The summed E-state index contributed by atoms with van der Waals surface area (Å²) < 4.78 is 26.2. The Morgan fingerprint density at radius 1 is 1.27 bits per heavy atom. The van der Waals surface area contributed by atoms with E-state index in [9.17, 15) is 8.42 Å². The largest absolute Gasteiger partial charge is 0.315 e. The molecule has 0 spiro atoms. The summed E-state index contributed by atoms with van der Waals surface area (Å²) in [6.45, 7) is 1.71. The van der Waals surface area contributed by atoms with Crippen molar-refractivity contribution in [2.45, 2.75) is 38.1 Å². The summed E-state index contributed by atoms with van der Waals surface area (Å²) in [5.41, 5.74) is 0. The first kappa shape index (κ1) is 11.4. The molecule has 1 heterocycles. The van der Waals surface area contributed by atoms with Gasteiger partial charge in [-0.3, -0.25) is 0 Å². The second-order valence-corrected chi connectivity index (χ2v) is 6.59. The average molecular weight is 232 g/mol. The smallest absolute Gasteiger partial charge is 0.211 e. The van der Waals surface area contributed by atoms with Crippen LogP contribution in [0.25, 0.3) is 0 Å². The lowest BCUT2D eigenvalue weighted by Crippen LogP contribution is -2.38. The topological polar surface area (TPSA) is 58.2 Å². The minimum Gasteiger partial charge on any atom is -0.315 e. The maximum atomic E-state index is 11.7. The standard InChI is InChI=1S/C10H20N2O2S/c13-15(14,7-5-9-2-1-3-9)12-10-4-6-11-8-10/h9-12H,1-8H2. The summed E-state index contributed by atoms with van der Waals surface area (Å²) in [4.78, 5) is 0. The van der Waals surface area contributed by atoms with Gasteiger partial charge in [-0.05, 0) is 25.3 Å². The number of rotatable bonds is 5. The Labute approximate surface area is 91.9 Å². The van der Waals surface area contributed by atoms with Crippen molar-refractivity contribution in [2.24, 2.45) is 5.92 Å². The molecule has 0 bridgehead atoms. The van der Waals surface area contributed by atoms with Crippen molar-refractivity contribution >= 4 is 10.0 Å². The zero-order valence-electron chi connectivity index (χ0n) is 9.04. The van der Waals surface area contributed by atoms with Gasteiger partial charge in [0.25, 0.3) is 0 Å². The molecule has 2 rings (SSSR count). The Bertz CT molecular complexity index is 293. The third-order valence-electron chi connectivity index (χ3n) is 3.43. The number of sulfonamides is 1. The van der Waals surface area contributed by atoms with Gasteiger partial charge in [-0.25, -0.2) is 13.1 Å². The first-order valence-corrected chi connectivity index (χ1v) is 7.52. The van der Waals surface area contributed by atoms with E-state index in [1.807, 2.05) is 0 Å². The van der Waals surface area contributed by atoms with Crippen LogP contribution >= 0.6 is 0 Å². The molecule has 2 aliphatic rings. The maximum absolute atomic E-state index is 11.7. The SMILES string of the molecule is O=S(=O)(CCC1CCC1)NC1CCNC1. The van der Waals surface area contributed by atoms with Crippen LogP contribution in [0.1, 0.15) is 32.1 Å². The van der Waals surface area contributed by atoms with Gasteiger partial charge in [-0.15, -0.1) is 0 Å². The molecule has 4 nitrogen and oxygen atoms in total. The molecule has 15 heavy (non-hydrogen) atoms. The van der Waals surface area contributed by atoms with Crippen LogP contribution in [0.15, 0.2) is 0 Å². The molecule has 1 aliphatic carbocycles. The average Bonchev–Trinajstić information content (AvgIpc) is 2.52. The molecule has 2 N–H and O–H groups in total. The van der Waals surface area contributed by atoms with E-state index in [2.05, 4.69) is 10.0 Å². The van der Waals surface area contributed by atoms with Crippen LogP contribution in [-0.4, -0.2) is 33.3 Å². The van der Waals surface area contributed by atoms with Crippen LogP contribution in [-0.2, 0) is 10.0 Å². The number of nitrogens with one attached hydrogen (secondary N) is 2. The molecular weight excluding hydrogens is 212 g/mol. The van der Waals surface area contributed by atoms with E-state index in [0.29, 0.717) is 11.7 Å². The van der Waals surface area contributed by atoms with Gasteiger partial charge < -0.3 is 5.32 Å². The van der Waals surface area contributed by atoms with Crippen molar-refractivity contribution in [3.63, 3.8) is 0 Å². The van der Waals surface area contributed by atoms with Crippen molar-refractivity contribution in [1.29, 1.82) is 0 Å².